The zero-order valence-corrected chi connectivity index (χ0v) is 9.16. The number of anilines is 1. The number of benzene rings is 1. The van der Waals surface area contributed by atoms with Gasteiger partial charge < -0.3 is 10.6 Å². The zero-order chi connectivity index (χ0) is 11.0. The van der Waals surface area contributed by atoms with Crippen LogP contribution in [0.3, 0.4) is 0 Å². The average Bonchev–Trinajstić information content (AvgIpc) is 2.50. The summed E-state index contributed by atoms with van der Waals surface area (Å²) in [6.07, 6.45) is 0.466. The van der Waals surface area contributed by atoms with E-state index in [1.807, 2.05) is 19.1 Å². The van der Waals surface area contributed by atoms with Crippen molar-refractivity contribution in [3.05, 3.63) is 29.3 Å². The maximum atomic E-state index is 11.7. The van der Waals surface area contributed by atoms with E-state index in [0.717, 1.165) is 5.69 Å². The molecule has 3 heteroatoms. The number of nitrogens with zero attached hydrogens (tertiary/aromatic N) is 1. The highest BCUT2D eigenvalue weighted by atomic mass is 16.2. The molecule has 1 unspecified atom stereocenters. The Morgan fingerprint density at radius 3 is 2.73 bits per heavy atom. The van der Waals surface area contributed by atoms with Gasteiger partial charge in [-0.25, -0.2) is 0 Å². The normalized spacial score (nSPS) is 21.1. The summed E-state index contributed by atoms with van der Waals surface area (Å²) in [5.41, 5.74) is 9.16. The summed E-state index contributed by atoms with van der Waals surface area (Å²) in [5, 5.41) is 0. The molecule has 0 aromatic heterocycles. The van der Waals surface area contributed by atoms with E-state index in [2.05, 4.69) is 13.0 Å². The molecule has 1 fully saturated rings. The fraction of sp³-hybridized carbons (Fsp3) is 0.417. The Balaban J connectivity index is 2.38. The molecule has 1 aliphatic rings. The first-order valence-electron chi connectivity index (χ1n) is 5.21. The van der Waals surface area contributed by atoms with Crippen LogP contribution in [0.25, 0.3) is 0 Å². The lowest BCUT2D eigenvalue weighted by molar-refractivity contribution is -0.117. The molecule has 1 aromatic carbocycles. The molecule has 0 saturated carbocycles. The summed E-state index contributed by atoms with van der Waals surface area (Å²) in [6.45, 7) is 4.74. The highest BCUT2D eigenvalue weighted by Gasteiger charge is 2.28. The quantitative estimate of drug-likeness (QED) is 0.751. The molecule has 3 nitrogen and oxygen atoms in total. The topological polar surface area (TPSA) is 46.3 Å². The van der Waals surface area contributed by atoms with E-state index in [0.29, 0.717) is 13.0 Å². The van der Waals surface area contributed by atoms with Crippen molar-refractivity contribution in [1.82, 2.24) is 0 Å². The number of nitrogens with two attached hydrogens (primary N) is 1. The molecular formula is C12H16N2O. The van der Waals surface area contributed by atoms with E-state index in [9.17, 15) is 4.79 Å². The third kappa shape index (κ3) is 1.75. The highest BCUT2D eigenvalue weighted by Crippen LogP contribution is 2.26. The summed E-state index contributed by atoms with van der Waals surface area (Å²) < 4.78 is 0. The first-order valence-corrected chi connectivity index (χ1v) is 5.21. The second-order valence-electron chi connectivity index (χ2n) is 4.19. The Kier molecular flexibility index (Phi) is 2.49. The second kappa shape index (κ2) is 3.66. The molecular weight excluding hydrogens is 188 g/mol. The molecule has 15 heavy (non-hydrogen) atoms. The molecule has 1 aliphatic heterocycles. The summed E-state index contributed by atoms with van der Waals surface area (Å²) in [7, 11) is 0. The van der Waals surface area contributed by atoms with Gasteiger partial charge in [-0.3, -0.25) is 4.79 Å². The van der Waals surface area contributed by atoms with E-state index in [-0.39, 0.29) is 11.9 Å². The first kappa shape index (κ1) is 10.2. The minimum absolute atomic E-state index is 0.0163. The van der Waals surface area contributed by atoms with Crippen LogP contribution in [0.2, 0.25) is 0 Å². The Morgan fingerprint density at radius 1 is 1.40 bits per heavy atom. The van der Waals surface area contributed by atoms with E-state index in [1.165, 1.54) is 11.1 Å². The Hall–Kier alpha value is -1.35. The van der Waals surface area contributed by atoms with E-state index in [4.69, 9.17) is 5.73 Å². The SMILES string of the molecule is Cc1cccc(N2CC(N)CC2=O)c1C. The fourth-order valence-electron chi connectivity index (χ4n) is 2.00. The van der Waals surface area contributed by atoms with Crippen molar-refractivity contribution in [2.24, 2.45) is 5.73 Å². The molecule has 1 aromatic rings. The number of rotatable bonds is 1. The van der Waals surface area contributed by atoms with Crippen molar-refractivity contribution in [1.29, 1.82) is 0 Å². The molecule has 0 aliphatic carbocycles. The highest BCUT2D eigenvalue weighted by molar-refractivity contribution is 5.97. The van der Waals surface area contributed by atoms with Gasteiger partial charge in [-0.05, 0) is 31.0 Å². The van der Waals surface area contributed by atoms with E-state index < -0.39 is 0 Å². The van der Waals surface area contributed by atoms with Gasteiger partial charge in [0.2, 0.25) is 5.91 Å². The molecule has 2 rings (SSSR count). The predicted octanol–water partition coefficient (Wildman–Crippen LogP) is 1.37. The van der Waals surface area contributed by atoms with Crippen LogP contribution in [0.5, 0.6) is 0 Å². The molecule has 1 atom stereocenters. The summed E-state index contributed by atoms with van der Waals surface area (Å²) in [5.74, 6) is 0.135. The smallest absolute Gasteiger partial charge is 0.228 e. The third-order valence-corrected chi connectivity index (χ3v) is 3.02. The molecule has 1 amide bonds. The molecule has 80 valence electrons. The monoisotopic (exact) mass is 204 g/mol. The van der Waals surface area contributed by atoms with Gasteiger partial charge in [0.25, 0.3) is 0 Å². The number of amides is 1. The van der Waals surface area contributed by atoms with Crippen LogP contribution in [0.15, 0.2) is 18.2 Å². The lowest BCUT2D eigenvalue weighted by Crippen LogP contribution is -2.28. The molecule has 1 heterocycles. The van der Waals surface area contributed by atoms with Crippen LogP contribution in [-0.2, 0) is 4.79 Å². The van der Waals surface area contributed by atoms with Gasteiger partial charge in [0.05, 0.1) is 0 Å². The van der Waals surface area contributed by atoms with E-state index in [1.54, 1.807) is 4.90 Å². The average molecular weight is 204 g/mol. The van der Waals surface area contributed by atoms with Crippen LogP contribution >= 0.6 is 0 Å². The predicted molar refractivity (Wildman–Crippen MR) is 60.9 cm³/mol. The van der Waals surface area contributed by atoms with Crippen LogP contribution in [0, 0.1) is 13.8 Å². The van der Waals surface area contributed by atoms with Crippen molar-refractivity contribution in [2.75, 3.05) is 11.4 Å². The number of hydrogen-bond donors (Lipinski definition) is 1. The van der Waals surface area contributed by atoms with Crippen molar-refractivity contribution in [2.45, 2.75) is 26.3 Å². The van der Waals surface area contributed by atoms with Gasteiger partial charge >= 0.3 is 0 Å². The molecule has 0 bridgehead atoms. The third-order valence-electron chi connectivity index (χ3n) is 3.02. The second-order valence-corrected chi connectivity index (χ2v) is 4.19. The van der Waals surface area contributed by atoms with Gasteiger partial charge in [-0.1, -0.05) is 12.1 Å². The summed E-state index contributed by atoms with van der Waals surface area (Å²) in [4.78, 5) is 13.5. The summed E-state index contributed by atoms with van der Waals surface area (Å²) >= 11 is 0. The molecule has 2 N–H and O–H groups in total. The van der Waals surface area contributed by atoms with Crippen LogP contribution in [0.4, 0.5) is 5.69 Å². The van der Waals surface area contributed by atoms with Gasteiger partial charge in [-0.2, -0.15) is 0 Å². The van der Waals surface area contributed by atoms with Crippen LogP contribution in [0.1, 0.15) is 17.5 Å². The van der Waals surface area contributed by atoms with Crippen molar-refractivity contribution >= 4 is 11.6 Å². The van der Waals surface area contributed by atoms with Crippen molar-refractivity contribution in [3.8, 4) is 0 Å². The minimum Gasteiger partial charge on any atom is -0.326 e. The Labute approximate surface area is 89.9 Å². The molecule has 1 saturated heterocycles. The standard InChI is InChI=1S/C12H16N2O/c1-8-4-3-5-11(9(8)2)14-7-10(13)6-12(14)15/h3-5,10H,6-7,13H2,1-2H3. The van der Waals surface area contributed by atoms with Gasteiger partial charge in [0, 0.05) is 24.7 Å². The van der Waals surface area contributed by atoms with Crippen molar-refractivity contribution in [3.63, 3.8) is 0 Å². The zero-order valence-electron chi connectivity index (χ0n) is 9.16. The maximum absolute atomic E-state index is 11.7. The summed E-state index contributed by atoms with van der Waals surface area (Å²) in [6, 6.07) is 6.00. The van der Waals surface area contributed by atoms with Crippen LogP contribution in [-0.4, -0.2) is 18.5 Å². The number of hydrogen-bond acceptors (Lipinski definition) is 2. The number of carbonyl (C=O) groups is 1. The van der Waals surface area contributed by atoms with Gasteiger partial charge in [0.15, 0.2) is 0 Å². The fourth-order valence-corrected chi connectivity index (χ4v) is 2.00. The van der Waals surface area contributed by atoms with Crippen molar-refractivity contribution < 1.29 is 4.79 Å². The first-order chi connectivity index (χ1) is 7.09. The van der Waals surface area contributed by atoms with Gasteiger partial charge in [0.1, 0.15) is 0 Å². The maximum Gasteiger partial charge on any atom is 0.228 e. The Morgan fingerprint density at radius 2 is 2.13 bits per heavy atom. The van der Waals surface area contributed by atoms with E-state index >= 15 is 0 Å². The molecule has 0 radical (unpaired) electrons. The van der Waals surface area contributed by atoms with Gasteiger partial charge in [-0.15, -0.1) is 0 Å². The lowest BCUT2D eigenvalue weighted by Gasteiger charge is -2.19. The minimum atomic E-state index is -0.0163. The Bertz CT molecular complexity index is 401. The lowest BCUT2D eigenvalue weighted by atomic mass is 10.1. The number of aryl methyl sites for hydroxylation is 1. The molecule has 0 spiro atoms. The van der Waals surface area contributed by atoms with Crippen LogP contribution < -0.4 is 10.6 Å². The largest absolute Gasteiger partial charge is 0.326 e. The number of carbonyl (C=O) groups excluding carboxylic acids is 1.